The Morgan fingerprint density at radius 3 is 2.77 bits per heavy atom. The van der Waals surface area contributed by atoms with E-state index in [4.69, 9.17) is 33.0 Å². The predicted molar refractivity (Wildman–Crippen MR) is 89.2 cm³/mol. The highest BCUT2D eigenvalue weighted by Gasteiger charge is 2.04. The number of rotatable bonds is 10. The van der Waals surface area contributed by atoms with E-state index in [9.17, 15) is 9.59 Å². The molecule has 22 heavy (non-hydrogen) atoms. The van der Waals surface area contributed by atoms with Gasteiger partial charge in [0.15, 0.2) is 0 Å². The third-order valence-electron chi connectivity index (χ3n) is 2.49. The zero-order valence-electron chi connectivity index (χ0n) is 11.8. The van der Waals surface area contributed by atoms with Crippen LogP contribution < -0.4 is 10.1 Å². The molecule has 0 fully saturated rings. The Morgan fingerprint density at radius 2 is 2.09 bits per heavy atom. The first kappa shape index (κ1) is 18.9. The second kappa shape index (κ2) is 10.6. The molecule has 1 rings (SSSR count). The lowest BCUT2D eigenvalue weighted by Gasteiger charge is -2.08. The molecule has 122 valence electrons. The van der Waals surface area contributed by atoms with Crippen LogP contribution in [0.5, 0.6) is 5.75 Å². The van der Waals surface area contributed by atoms with Gasteiger partial charge in [-0.05, 0) is 24.6 Å². The first-order valence-electron chi connectivity index (χ1n) is 6.63. The molecule has 8 heteroatoms. The molecule has 0 heterocycles. The van der Waals surface area contributed by atoms with Crippen LogP contribution in [-0.4, -0.2) is 41.6 Å². The van der Waals surface area contributed by atoms with Gasteiger partial charge in [0.1, 0.15) is 5.75 Å². The van der Waals surface area contributed by atoms with E-state index < -0.39 is 5.97 Å². The maximum Gasteiger partial charge on any atom is 0.313 e. The summed E-state index contributed by atoms with van der Waals surface area (Å²) in [5.41, 5.74) is 0. The number of hydrogen-bond donors (Lipinski definition) is 2. The fourth-order valence-electron chi connectivity index (χ4n) is 1.52. The minimum absolute atomic E-state index is 0.0472. The normalized spacial score (nSPS) is 10.3. The van der Waals surface area contributed by atoms with Crippen molar-refractivity contribution in [1.82, 2.24) is 5.32 Å². The highest BCUT2D eigenvalue weighted by molar-refractivity contribution is 7.99. The standard InChI is InChI=1S/C14H17Cl2NO4S/c15-10-3-4-12(11(16)8-10)21-6-1-2-13(18)17-5-7-22-9-14(19)20/h3-4,8H,1-2,5-7,9H2,(H,17,18)(H,19,20). The molecule has 0 aliphatic rings. The molecule has 0 spiro atoms. The van der Waals surface area contributed by atoms with Crippen LogP contribution in [0.4, 0.5) is 0 Å². The number of hydrogen-bond acceptors (Lipinski definition) is 4. The number of amides is 1. The molecule has 0 aliphatic heterocycles. The third-order valence-corrected chi connectivity index (χ3v) is 3.97. The lowest BCUT2D eigenvalue weighted by Crippen LogP contribution is -2.26. The van der Waals surface area contributed by atoms with E-state index in [1.165, 1.54) is 11.8 Å². The molecule has 5 nitrogen and oxygen atoms in total. The molecule has 2 N–H and O–H groups in total. The van der Waals surface area contributed by atoms with Crippen molar-refractivity contribution in [3.05, 3.63) is 28.2 Å². The smallest absolute Gasteiger partial charge is 0.313 e. The van der Waals surface area contributed by atoms with Crippen LogP contribution in [0.1, 0.15) is 12.8 Å². The quantitative estimate of drug-likeness (QED) is 0.623. The summed E-state index contributed by atoms with van der Waals surface area (Å²) in [5, 5.41) is 12.2. The van der Waals surface area contributed by atoms with Crippen molar-refractivity contribution >= 4 is 46.8 Å². The molecule has 1 aromatic carbocycles. The molecule has 0 atom stereocenters. The molecular formula is C14H17Cl2NO4S. The Kier molecular flexibility index (Phi) is 9.11. The summed E-state index contributed by atoms with van der Waals surface area (Å²) >= 11 is 13.0. The highest BCUT2D eigenvalue weighted by Crippen LogP contribution is 2.27. The molecule has 0 aliphatic carbocycles. The zero-order chi connectivity index (χ0) is 16.4. The number of benzene rings is 1. The zero-order valence-corrected chi connectivity index (χ0v) is 14.1. The number of aliphatic carboxylic acids is 1. The number of carboxylic acid groups (broad SMARTS) is 1. The summed E-state index contributed by atoms with van der Waals surface area (Å²) in [6, 6.07) is 4.97. The second-order valence-electron chi connectivity index (χ2n) is 4.32. The first-order valence-corrected chi connectivity index (χ1v) is 8.54. The lowest BCUT2D eigenvalue weighted by molar-refractivity contribution is -0.133. The Hall–Kier alpha value is -1.11. The minimum Gasteiger partial charge on any atom is -0.492 e. The highest BCUT2D eigenvalue weighted by atomic mass is 35.5. The molecule has 0 bridgehead atoms. The predicted octanol–water partition coefficient (Wildman–Crippen LogP) is 3.09. The molecule has 0 saturated heterocycles. The van der Waals surface area contributed by atoms with Gasteiger partial charge in [0.05, 0.1) is 17.4 Å². The van der Waals surface area contributed by atoms with Gasteiger partial charge in [-0.3, -0.25) is 9.59 Å². The van der Waals surface area contributed by atoms with Crippen molar-refractivity contribution in [3.63, 3.8) is 0 Å². The van der Waals surface area contributed by atoms with Crippen LogP contribution in [0, 0.1) is 0 Å². The van der Waals surface area contributed by atoms with E-state index in [1.807, 2.05) is 0 Å². The van der Waals surface area contributed by atoms with Crippen LogP contribution in [0.2, 0.25) is 10.0 Å². The van der Waals surface area contributed by atoms with Gasteiger partial charge in [0.2, 0.25) is 5.91 Å². The fourth-order valence-corrected chi connectivity index (χ4v) is 2.55. The minimum atomic E-state index is -0.852. The third kappa shape index (κ3) is 8.36. The first-order chi connectivity index (χ1) is 10.5. The number of carbonyl (C=O) groups is 2. The van der Waals surface area contributed by atoms with Crippen molar-refractivity contribution in [3.8, 4) is 5.75 Å². The van der Waals surface area contributed by atoms with Crippen molar-refractivity contribution < 1.29 is 19.4 Å². The molecule has 1 amide bonds. The Labute approximate surface area is 143 Å². The van der Waals surface area contributed by atoms with Crippen molar-refractivity contribution in [2.45, 2.75) is 12.8 Å². The van der Waals surface area contributed by atoms with E-state index in [-0.39, 0.29) is 11.7 Å². The molecule has 0 unspecified atom stereocenters. The van der Waals surface area contributed by atoms with Crippen LogP contribution in [0.15, 0.2) is 18.2 Å². The molecule has 0 radical (unpaired) electrons. The number of carbonyl (C=O) groups excluding carboxylic acids is 1. The van der Waals surface area contributed by atoms with Gasteiger partial charge in [-0.15, -0.1) is 11.8 Å². The van der Waals surface area contributed by atoms with Gasteiger partial charge in [0, 0.05) is 23.7 Å². The van der Waals surface area contributed by atoms with Gasteiger partial charge in [0.25, 0.3) is 0 Å². The van der Waals surface area contributed by atoms with E-state index >= 15 is 0 Å². The number of nitrogens with one attached hydrogen (secondary N) is 1. The van der Waals surface area contributed by atoms with Crippen LogP contribution in [-0.2, 0) is 9.59 Å². The van der Waals surface area contributed by atoms with E-state index in [1.54, 1.807) is 18.2 Å². The molecule has 1 aromatic rings. The molecular weight excluding hydrogens is 349 g/mol. The van der Waals surface area contributed by atoms with Crippen molar-refractivity contribution in [2.24, 2.45) is 0 Å². The van der Waals surface area contributed by atoms with Gasteiger partial charge in [-0.2, -0.15) is 0 Å². The van der Waals surface area contributed by atoms with E-state index in [0.717, 1.165) is 0 Å². The van der Waals surface area contributed by atoms with Crippen molar-refractivity contribution in [2.75, 3.05) is 24.7 Å². The van der Waals surface area contributed by atoms with Crippen LogP contribution >= 0.6 is 35.0 Å². The summed E-state index contributed by atoms with van der Waals surface area (Å²) in [4.78, 5) is 21.8. The SMILES string of the molecule is O=C(O)CSCCNC(=O)CCCOc1ccc(Cl)cc1Cl. The number of ether oxygens (including phenoxy) is 1. The number of carboxylic acids is 1. The van der Waals surface area contributed by atoms with E-state index in [0.29, 0.717) is 47.5 Å². The Balaban J connectivity index is 2.08. The van der Waals surface area contributed by atoms with Gasteiger partial charge in [-0.1, -0.05) is 23.2 Å². The van der Waals surface area contributed by atoms with Gasteiger partial charge >= 0.3 is 5.97 Å². The van der Waals surface area contributed by atoms with Crippen LogP contribution in [0.25, 0.3) is 0 Å². The molecule has 0 saturated carbocycles. The Bertz CT molecular complexity index is 514. The Morgan fingerprint density at radius 1 is 1.32 bits per heavy atom. The largest absolute Gasteiger partial charge is 0.492 e. The topological polar surface area (TPSA) is 75.6 Å². The van der Waals surface area contributed by atoms with E-state index in [2.05, 4.69) is 5.32 Å². The van der Waals surface area contributed by atoms with Gasteiger partial charge in [-0.25, -0.2) is 0 Å². The fraction of sp³-hybridized carbons (Fsp3) is 0.429. The number of thioether (sulfide) groups is 1. The summed E-state index contributed by atoms with van der Waals surface area (Å²) in [6.45, 7) is 0.836. The average molecular weight is 366 g/mol. The summed E-state index contributed by atoms with van der Waals surface area (Å²) < 4.78 is 5.47. The van der Waals surface area contributed by atoms with Gasteiger partial charge < -0.3 is 15.2 Å². The second-order valence-corrected chi connectivity index (χ2v) is 6.27. The summed E-state index contributed by atoms with van der Waals surface area (Å²) in [7, 11) is 0. The average Bonchev–Trinajstić information content (AvgIpc) is 2.44. The monoisotopic (exact) mass is 365 g/mol. The summed E-state index contributed by atoms with van der Waals surface area (Å²) in [6.07, 6.45) is 0.905. The summed E-state index contributed by atoms with van der Waals surface area (Å²) in [5.74, 6) is 0.230. The number of halogens is 2. The van der Waals surface area contributed by atoms with Crippen LogP contribution in [0.3, 0.4) is 0 Å². The maximum atomic E-state index is 11.5. The molecule has 0 aromatic heterocycles. The maximum absolute atomic E-state index is 11.5. The van der Waals surface area contributed by atoms with Crippen molar-refractivity contribution in [1.29, 1.82) is 0 Å². The lowest BCUT2D eigenvalue weighted by atomic mass is 10.3.